The lowest BCUT2D eigenvalue weighted by atomic mass is 10.1. The van der Waals surface area contributed by atoms with Crippen molar-refractivity contribution in [3.63, 3.8) is 0 Å². The third-order valence-corrected chi connectivity index (χ3v) is 5.25. The first kappa shape index (κ1) is 19.6. The van der Waals surface area contributed by atoms with E-state index in [2.05, 4.69) is 25.3 Å². The smallest absolute Gasteiger partial charge is 0.126 e. The first-order valence-corrected chi connectivity index (χ1v) is 9.90. The number of unbranched alkanes of at least 4 members (excludes halogenated alkanes) is 1. The predicted octanol–water partition coefficient (Wildman–Crippen LogP) is 6.28. The lowest BCUT2D eigenvalue weighted by molar-refractivity contribution is 0.545. The topological polar surface area (TPSA) is 43.8 Å². The van der Waals surface area contributed by atoms with Gasteiger partial charge in [0.05, 0.1) is 11.7 Å². The second-order valence-electron chi connectivity index (χ2n) is 6.32. The molecule has 132 valence electrons. The number of halogens is 2. The third kappa shape index (κ3) is 4.69. The number of rotatable bonds is 7. The zero-order valence-electron chi connectivity index (χ0n) is 14.6. The minimum atomic E-state index is -0.100. The average Bonchev–Trinajstić information content (AvgIpc) is 2.83. The molecular weight excluding hydrogens is 361 g/mol. The highest BCUT2D eigenvalue weighted by Gasteiger charge is 2.22. The van der Waals surface area contributed by atoms with Crippen molar-refractivity contribution in [3.05, 3.63) is 39.8 Å². The second kappa shape index (κ2) is 8.61. The van der Waals surface area contributed by atoms with E-state index in [4.69, 9.17) is 33.9 Å². The van der Waals surface area contributed by atoms with E-state index in [1.54, 1.807) is 17.8 Å². The monoisotopic (exact) mass is 385 g/mol. The summed E-state index contributed by atoms with van der Waals surface area (Å²) in [6.07, 6.45) is 2.22. The van der Waals surface area contributed by atoms with E-state index in [1.807, 2.05) is 19.1 Å². The maximum Gasteiger partial charge on any atom is 0.126 e. The number of imidazole rings is 1. The van der Waals surface area contributed by atoms with Gasteiger partial charge in [0.2, 0.25) is 0 Å². The average molecular weight is 386 g/mol. The number of nitrogens with zero attached hydrogens (tertiary/aromatic N) is 2. The van der Waals surface area contributed by atoms with Crippen LogP contribution >= 0.6 is 35.0 Å². The van der Waals surface area contributed by atoms with Crippen molar-refractivity contribution in [3.8, 4) is 0 Å². The van der Waals surface area contributed by atoms with Crippen LogP contribution in [-0.2, 0) is 6.54 Å². The summed E-state index contributed by atoms with van der Waals surface area (Å²) in [5.74, 6) is 1.27. The zero-order chi connectivity index (χ0) is 17.9. The van der Waals surface area contributed by atoms with Crippen LogP contribution in [0.2, 0.25) is 10.0 Å². The Morgan fingerprint density at radius 1 is 1.17 bits per heavy atom. The molecule has 0 saturated carbocycles. The lowest BCUT2D eigenvalue weighted by Crippen LogP contribution is -2.14. The van der Waals surface area contributed by atoms with Crippen molar-refractivity contribution in [1.82, 2.24) is 9.55 Å². The van der Waals surface area contributed by atoms with Gasteiger partial charge in [-0.15, -0.1) is 0 Å². The molecule has 0 aliphatic carbocycles. The number of aromatic nitrogens is 2. The first-order chi connectivity index (χ1) is 11.3. The number of hydrogen-bond donors (Lipinski definition) is 1. The molecule has 6 heteroatoms. The van der Waals surface area contributed by atoms with Gasteiger partial charge in [-0.25, -0.2) is 4.98 Å². The summed E-state index contributed by atoms with van der Waals surface area (Å²) in [7, 11) is 0. The van der Waals surface area contributed by atoms with Crippen LogP contribution in [0.3, 0.4) is 0 Å². The van der Waals surface area contributed by atoms with E-state index < -0.39 is 0 Å². The normalized spacial score (nSPS) is 12.8. The summed E-state index contributed by atoms with van der Waals surface area (Å²) < 4.78 is 2.27. The first-order valence-electron chi connectivity index (χ1n) is 8.33. The molecule has 2 aromatic rings. The molecule has 1 aromatic heterocycles. The van der Waals surface area contributed by atoms with Crippen molar-refractivity contribution in [1.29, 1.82) is 0 Å². The Bertz CT molecular complexity index is 676. The van der Waals surface area contributed by atoms with Crippen molar-refractivity contribution < 1.29 is 0 Å². The predicted molar refractivity (Wildman–Crippen MR) is 104 cm³/mol. The van der Waals surface area contributed by atoms with Crippen molar-refractivity contribution in [2.45, 2.75) is 69.0 Å². The van der Waals surface area contributed by atoms with Crippen LogP contribution < -0.4 is 5.73 Å². The van der Waals surface area contributed by atoms with Crippen LogP contribution in [0.5, 0.6) is 0 Å². The van der Waals surface area contributed by atoms with Crippen LogP contribution in [0, 0.1) is 0 Å². The molecule has 0 saturated heterocycles. The number of hydrogen-bond acceptors (Lipinski definition) is 3. The number of benzene rings is 1. The fourth-order valence-electron chi connectivity index (χ4n) is 2.54. The molecule has 0 spiro atoms. The molecule has 0 bridgehead atoms. The highest BCUT2D eigenvalue weighted by atomic mass is 35.5. The van der Waals surface area contributed by atoms with Crippen LogP contribution in [0.25, 0.3) is 0 Å². The summed E-state index contributed by atoms with van der Waals surface area (Å²) in [6, 6.07) is 5.52. The summed E-state index contributed by atoms with van der Waals surface area (Å²) >= 11 is 14.0. The Labute approximate surface area is 158 Å². The van der Waals surface area contributed by atoms with Crippen LogP contribution in [-0.4, -0.2) is 9.55 Å². The lowest BCUT2D eigenvalue weighted by Gasteiger charge is -2.14. The van der Waals surface area contributed by atoms with Crippen LogP contribution in [0.4, 0.5) is 0 Å². The van der Waals surface area contributed by atoms with Crippen molar-refractivity contribution >= 4 is 35.0 Å². The molecule has 0 aliphatic heterocycles. The molecule has 2 rings (SSSR count). The fourth-order valence-corrected chi connectivity index (χ4v) is 4.47. The Hall–Kier alpha value is -0.680. The van der Waals surface area contributed by atoms with Gasteiger partial charge in [0, 0.05) is 21.5 Å². The van der Waals surface area contributed by atoms with E-state index in [9.17, 15) is 0 Å². The zero-order valence-corrected chi connectivity index (χ0v) is 17.0. The summed E-state index contributed by atoms with van der Waals surface area (Å²) in [4.78, 5) is 5.87. The van der Waals surface area contributed by atoms with E-state index in [-0.39, 0.29) is 6.04 Å². The molecular formula is C18H25Cl2N3S. The van der Waals surface area contributed by atoms with Gasteiger partial charge < -0.3 is 10.3 Å². The van der Waals surface area contributed by atoms with Gasteiger partial charge in [-0.1, -0.05) is 62.2 Å². The van der Waals surface area contributed by atoms with Gasteiger partial charge in [-0.05, 0) is 37.5 Å². The van der Waals surface area contributed by atoms with Gasteiger partial charge in [-0.2, -0.15) is 0 Å². The molecule has 1 aromatic carbocycles. The molecule has 3 nitrogen and oxygen atoms in total. The quantitative estimate of drug-likeness (QED) is 0.609. The van der Waals surface area contributed by atoms with E-state index in [1.165, 1.54) is 0 Å². The highest BCUT2D eigenvalue weighted by molar-refractivity contribution is 7.99. The Kier molecular flexibility index (Phi) is 7.05. The largest absolute Gasteiger partial charge is 0.322 e. The molecule has 0 amide bonds. The molecule has 0 fully saturated rings. The third-order valence-electron chi connectivity index (χ3n) is 3.72. The fraction of sp³-hybridized carbons (Fsp3) is 0.500. The van der Waals surface area contributed by atoms with Gasteiger partial charge in [0.25, 0.3) is 0 Å². The molecule has 0 aliphatic rings. The van der Waals surface area contributed by atoms with Gasteiger partial charge >= 0.3 is 0 Å². The molecule has 0 radical (unpaired) electrons. The van der Waals surface area contributed by atoms with Gasteiger partial charge in [0.15, 0.2) is 0 Å². The van der Waals surface area contributed by atoms with Gasteiger partial charge in [0.1, 0.15) is 10.9 Å². The Morgan fingerprint density at radius 2 is 1.79 bits per heavy atom. The SMILES string of the molecule is CCCCn1c(C(C)N)nc(C(C)C)c1Sc1cc(Cl)cc(Cl)c1. The minimum Gasteiger partial charge on any atom is -0.322 e. The Balaban J connectivity index is 2.51. The van der Waals surface area contributed by atoms with Crippen molar-refractivity contribution in [2.24, 2.45) is 5.73 Å². The highest BCUT2D eigenvalue weighted by Crippen LogP contribution is 2.38. The van der Waals surface area contributed by atoms with Crippen molar-refractivity contribution in [2.75, 3.05) is 0 Å². The molecule has 1 unspecified atom stereocenters. The van der Waals surface area contributed by atoms with E-state index in [0.29, 0.717) is 16.0 Å². The molecule has 1 atom stereocenters. The van der Waals surface area contributed by atoms with E-state index in [0.717, 1.165) is 40.8 Å². The molecule has 1 heterocycles. The number of nitrogens with two attached hydrogens (primary N) is 1. The standard InChI is InChI=1S/C18H25Cl2N3S/c1-5-6-7-23-17(12(4)21)22-16(11(2)3)18(23)24-15-9-13(19)8-14(20)10-15/h8-12H,5-7,21H2,1-4H3. The Morgan fingerprint density at radius 3 is 2.29 bits per heavy atom. The maximum absolute atomic E-state index is 6.18. The van der Waals surface area contributed by atoms with Crippen LogP contribution in [0.15, 0.2) is 28.1 Å². The van der Waals surface area contributed by atoms with Crippen LogP contribution in [0.1, 0.15) is 64.0 Å². The summed E-state index contributed by atoms with van der Waals surface area (Å²) in [5, 5.41) is 2.43. The van der Waals surface area contributed by atoms with E-state index >= 15 is 0 Å². The van der Waals surface area contributed by atoms with Gasteiger partial charge in [-0.3, -0.25) is 0 Å². The molecule has 2 N–H and O–H groups in total. The second-order valence-corrected chi connectivity index (χ2v) is 8.25. The summed E-state index contributed by atoms with van der Waals surface area (Å²) in [6.45, 7) is 9.41. The minimum absolute atomic E-state index is 0.100. The maximum atomic E-state index is 6.18. The summed E-state index contributed by atoms with van der Waals surface area (Å²) in [5.41, 5.74) is 7.26. The molecule has 24 heavy (non-hydrogen) atoms.